The third-order valence-corrected chi connectivity index (χ3v) is 4.08. The van der Waals surface area contributed by atoms with Gasteiger partial charge in [0.05, 0.1) is 4.92 Å². The number of benzene rings is 1. The fraction of sp³-hybridized carbons (Fsp3) is 0.625. The van der Waals surface area contributed by atoms with E-state index in [9.17, 15) is 10.1 Å². The standard InChI is InChI=1S/C16H25N3O2/c1-3-10-18(12-14-6-4-5-9-17-14)16-8-7-15(19(20)21)11-13(16)2/h7-8,11,14,17H,3-6,9-10,12H2,1-2H3. The number of nitrogens with one attached hydrogen (secondary N) is 1. The van der Waals surface area contributed by atoms with Crippen molar-refractivity contribution in [1.82, 2.24) is 5.32 Å². The van der Waals surface area contributed by atoms with E-state index in [1.165, 1.54) is 19.3 Å². The maximum Gasteiger partial charge on any atom is 0.269 e. The molecule has 0 bridgehead atoms. The third-order valence-electron chi connectivity index (χ3n) is 4.08. The van der Waals surface area contributed by atoms with Crippen molar-refractivity contribution in [3.05, 3.63) is 33.9 Å². The molecule has 1 aromatic rings. The Labute approximate surface area is 126 Å². The lowest BCUT2D eigenvalue weighted by Gasteiger charge is -2.32. The zero-order chi connectivity index (χ0) is 15.2. The van der Waals surface area contributed by atoms with Gasteiger partial charge >= 0.3 is 0 Å². The highest BCUT2D eigenvalue weighted by Gasteiger charge is 2.18. The van der Waals surface area contributed by atoms with Crippen LogP contribution in [0.4, 0.5) is 11.4 Å². The first-order valence-corrected chi connectivity index (χ1v) is 7.85. The van der Waals surface area contributed by atoms with Gasteiger partial charge in [0.25, 0.3) is 5.69 Å². The van der Waals surface area contributed by atoms with E-state index in [4.69, 9.17) is 0 Å². The van der Waals surface area contributed by atoms with E-state index >= 15 is 0 Å². The lowest BCUT2D eigenvalue weighted by molar-refractivity contribution is -0.384. The zero-order valence-corrected chi connectivity index (χ0v) is 13.0. The molecule has 0 radical (unpaired) electrons. The molecule has 1 heterocycles. The first-order valence-electron chi connectivity index (χ1n) is 7.85. The number of nitro groups is 1. The number of nitrogens with zero attached hydrogens (tertiary/aromatic N) is 2. The number of non-ortho nitro benzene ring substituents is 1. The quantitative estimate of drug-likeness (QED) is 0.645. The van der Waals surface area contributed by atoms with E-state index in [-0.39, 0.29) is 10.6 Å². The summed E-state index contributed by atoms with van der Waals surface area (Å²) in [4.78, 5) is 12.9. The van der Waals surface area contributed by atoms with Crippen molar-refractivity contribution in [2.75, 3.05) is 24.5 Å². The van der Waals surface area contributed by atoms with Crippen LogP contribution in [0.3, 0.4) is 0 Å². The molecule has 5 heteroatoms. The fourth-order valence-electron chi connectivity index (χ4n) is 3.03. The molecule has 21 heavy (non-hydrogen) atoms. The average Bonchev–Trinajstić information content (AvgIpc) is 2.48. The molecule has 5 nitrogen and oxygen atoms in total. The molecule has 1 aromatic carbocycles. The van der Waals surface area contributed by atoms with Gasteiger partial charge in [0.2, 0.25) is 0 Å². The maximum atomic E-state index is 10.9. The van der Waals surface area contributed by atoms with Crippen LogP contribution in [0.2, 0.25) is 0 Å². The highest BCUT2D eigenvalue weighted by molar-refractivity contribution is 5.57. The molecular weight excluding hydrogens is 266 g/mol. The van der Waals surface area contributed by atoms with Gasteiger partial charge < -0.3 is 10.2 Å². The highest BCUT2D eigenvalue weighted by atomic mass is 16.6. The molecule has 1 aliphatic heterocycles. The van der Waals surface area contributed by atoms with Crippen molar-refractivity contribution in [3.8, 4) is 0 Å². The highest BCUT2D eigenvalue weighted by Crippen LogP contribution is 2.25. The van der Waals surface area contributed by atoms with Crippen LogP contribution in [0, 0.1) is 17.0 Å². The summed E-state index contributed by atoms with van der Waals surface area (Å²) in [5.74, 6) is 0. The Kier molecular flexibility index (Phi) is 5.56. The number of nitro benzene ring substituents is 1. The monoisotopic (exact) mass is 291 g/mol. The smallest absolute Gasteiger partial charge is 0.269 e. The Morgan fingerprint density at radius 1 is 1.43 bits per heavy atom. The van der Waals surface area contributed by atoms with Crippen molar-refractivity contribution in [3.63, 3.8) is 0 Å². The van der Waals surface area contributed by atoms with Crippen LogP contribution in [-0.4, -0.2) is 30.6 Å². The minimum Gasteiger partial charge on any atom is -0.370 e. The van der Waals surface area contributed by atoms with Gasteiger partial charge in [-0.05, 0) is 44.4 Å². The van der Waals surface area contributed by atoms with Gasteiger partial charge in [0.15, 0.2) is 0 Å². The molecule has 116 valence electrons. The van der Waals surface area contributed by atoms with Crippen LogP contribution < -0.4 is 10.2 Å². The Morgan fingerprint density at radius 3 is 2.81 bits per heavy atom. The summed E-state index contributed by atoms with van der Waals surface area (Å²) >= 11 is 0. The average molecular weight is 291 g/mol. The van der Waals surface area contributed by atoms with Crippen molar-refractivity contribution >= 4 is 11.4 Å². The lowest BCUT2D eigenvalue weighted by Crippen LogP contribution is -2.44. The molecule has 0 saturated carbocycles. The van der Waals surface area contributed by atoms with Crippen LogP contribution in [-0.2, 0) is 0 Å². The van der Waals surface area contributed by atoms with Gasteiger partial charge in [0.1, 0.15) is 0 Å². The first kappa shape index (κ1) is 15.8. The van der Waals surface area contributed by atoms with E-state index in [0.29, 0.717) is 6.04 Å². The van der Waals surface area contributed by atoms with Crippen molar-refractivity contribution < 1.29 is 4.92 Å². The van der Waals surface area contributed by atoms with Crippen LogP contribution in [0.25, 0.3) is 0 Å². The number of rotatable bonds is 6. The van der Waals surface area contributed by atoms with Gasteiger partial charge in [-0.2, -0.15) is 0 Å². The van der Waals surface area contributed by atoms with E-state index in [2.05, 4.69) is 17.1 Å². The minimum atomic E-state index is -0.330. The molecule has 0 aliphatic carbocycles. The van der Waals surface area contributed by atoms with Crippen LogP contribution in [0.1, 0.15) is 38.2 Å². The molecule has 2 rings (SSSR count). The molecule has 0 amide bonds. The number of hydrogen-bond donors (Lipinski definition) is 1. The Balaban J connectivity index is 2.14. The Hall–Kier alpha value is -1.62. The maximum absolute atomic E-state index is 10.9. The predicted molar refractivity (Wildman–Crippen MR) is 86.0 cm³/mol. The van der Waals surface area contributed by atoms with E-state index in [1.54, 1.807) is 12.1 Å². The Bertz CT molecular complexity index is 484. The first-order chi connectivity index (χ1) is 10.1. The summed E-state index contributed by atoms with van der Waals surface area (Å²) in [7, 11) is 0. The number of aryl methyl sites for hydroxylation is 1. The second kappa shape index (κ2) is 7.41. The van der Waals surface area contributed by atoms with Crippen LogP contribution in [0.15, 0.2) is 18.2 Å². The molecule has 1 atom stereocenters. The minimum absolute atomic E-state index is 0.170. The van der Waals surface area contributed by atoms with E-state index < -0.39 is 0 Å². The molecule has 1 unspecified atom stereocenters. The normalized spacial score (nSPS) is 18.5. The lowest BCUT2D eigenvalue weighted by atomic mass is 10.0. The summed E-state index contributed by atoms with van der Waals surface area (Å²) in [6.07, 6.45) is 4.84. The summed E-state index contributed by atoms with van der Waals surface area (Å²) < 4.78 is 0. The van der Waals surface area contributed by atoms with E-state index in [1.807, 2.05) is 13.0 Å². The molecule has 1 fully saturated rings. The Morgan fingerprint density at radius 2 is 2.24 bits per heavy atom. The SMILES string of the molecule is CCCN(CC1CCCCN1)c1ccc([N+](=O)[O-])cc1C. The summed E-state index contributed by atoms with van der Waals surface area (Å²) in [6, 6.07) is 5.71. The molecule has 0 aromatic heterocycles. The van der Waals surface area contributed by atoms with Crippen LogP contribution >= 0.6 is 0 Å². The summed E-state index contributed by atoms with van der Waals surface area (Å²) in [5.41, 5.74) is 2.27. The second-order valence-electron chi connectivity index (χ2n) is 5.82. The van der Waals surface area contributed by atoms with Crippen molar-refractivity contribution in [1.29, 1.82) is 0 Å². The number of piperidine rings is 1. The molecular formula is C16H25N3O2. The fourth-order valence-corrected chi connectivity index (χ4v) is 3.03. The third kappa shape index (κ3) is 4.17. The van der Waals surface area contributed by atoms with Gasteiger partial charge in [-0.25, -0.2) is 0 Å². The molecule has 1 saturated heterocycles. The van der Waals surface area contributed by atoms with Crippen molar-refractivity contribution in [2.24, 2.45) is 0 Å². The largest absolute Gasteiger partial charge is 0.370 e. The van der Waals surface area contributed by atoms with E-state index in [0.717, 1.165) is 37.3 Å². The second-order valence-corrected chi connectivity index (χ2v) is 5.82. The molecule has 1 aliphatic rings. The molecule has 1 N–H and O–H groups in total. The number of hydrogen-bond acceptors (Lipinski definition) is 4. The molecule has 0 spiro atoms. The topological polar surface area (TPSA) is 58.4 Å². The van der Waals surface area contributed by atoms with Gasteiger partial charge in [0, 0.05) is 37.0 Å². The summed E-state index contributed by atoms with van der Waals surface area (Å²) in [5, 5.41) is 14.4. The van der Waals surface area contributed by atoms with Gasteiger partial charge in [-0.1, -0.05) is 13.3 Å². The van der Waals surface area contributed by atoms with Gasteiger partial charge in [-0.15, -0.1) is 0 Å². The zero-order valence-electron chi connectivity index (χ0n) is 13.0. The predicted octanol–water partition coefficient (Wildman–Crippen LogP) is 3.26. The van der Waals surface area contributed by atoms with Gasteiger partial charge in [-0.3, -0.25) is 10.1 Å². The number of anilines is 1. The summed E-state index contributed by atoms with van der Waals surface area (Å²) in [6.45, 7) is 7.19. The van der Waals surface area contributed by atoms with Crippen LogP contribution in [0.5, 0.6) is 0 Å². The van der Waals surface area contributed by atoms with Crippen molar-refractivity contribution in [2.45, 2.75) is 45.6 Å².